The fourth-order valence-corrected chi connectivity index (χ4v) is 4.56. The van der Waals surface area contributed by atoms with Crippen LogP contribution in [0.5, 0.6) is 5.75 Å². The van der Waals surface area contributed by atoms with Crippen molar-refractivity contribution < 1.29 is 13.9 Å². The third-order valence-corrected chi connectivity index (χ3v) is 6.74. The van der Waals surface area contributed by atoms with E-state index in [1.807, 2.05) is 6.08 Å². The Kier molecular flexibility index (Phi) is 5.91. The summed E-state index contributed by atoms with van der Waals surface area (Å²) in [5.41, 5.74) is 3.00. The second-order valence-corrected chi connectivity index (χ2v) is 9.26. The lowest BCUT2D eigenvalue weighted by Crippen LogP contribution is -2.21. The van der Waals surface area contributed by atoms with Crippen LogP contribution >= 0.6 is 0 Å². The molecule has 2 fully saturated rings. The van der Waals surface area contributed by atoms with Gasteiger partial charge >= 0.3 is 0 Å². The highest BCUT2D eigenvalue weighted by molar-refractivity contribution is 6.03. The third-order valence-electron chi connectivity index (χ3n) is 6.74. The van der Waals surface area contributed by atoms with E-state index < -0.39 is 0 Å². The van der Waals surface area contributed by atoms with Gasteiger partial charge in [-0.25, -0.2) is 14.4 Å². The maximum Gasteiger partial charge on any atom is 0.248 e. The number of amides is 1. The number of likely N-dealkylation sites (tertiary alicyclic amines) is 1. The molecule has 1 spiro atoms. The summed E-state index contributed by atoms with van der Waals surface area (Å²) in [6, 6.07) is 8.33. The Morgan fingerprint density at radius 1 is 1.24 bits per heavy atom. The van der Waals surface area contributed by atoms with Crippen LogP contribution in [0.15, 0.2) is 48.8 Å². The van der Waals surface area contributed by atoms with Gasteiger partial charge in [0.05, 0.1) is 18.3 Å². The van der Waals surface area contributed by atoms with Crippen molar-refractivity contribution in [2.24, 2.45) is 5.41 Å². The summed E-state index contributed by atoms with van der Waals surface area (Å²) in [4.78, 5) is 23.7. The van der Waals surface area contributed by atoms with E-state index in [9.17, 15) is 9.18 Å². The van der Waals surface area contributed by atoms with Gasteiger partial charge < -0.3 is 15.4 Å². The van der Waals surface area contributed by atoms with Crippen molar-refractivity contribution in [2.45, 2.75) is 26.2 Å². The van der Waals surface area contributed by atoms with E-state index in [2.05, 4.69) is 25.5 Å². The van der Waals surface area contributed by atoms with E-state index >= 15 is 0 Å². The van der Waals surface area contributed by atoms with Crippen LogP contribution in [0, 0.1) is 18.2 Å². The molecule has 2 N–H and O–H groups in total. The number of nitrogens with one attached hydrogen (secondary N) is 2. The van der Waals surface area contributed by atoms with E-state index in [1.165, 1.54) is 31.7 Å². The molecule has 34 heavy (non-hydrogen) atoms. The minimum absolute atomic E-state index is 0.224. The lowest BCUT2D eigenvalue weighted by Gasteiger charge is -2.14. The molecule has 8 heteroatoms. The highest BCUT2D eigenvalue weighted by atomic mass is 19.1. The van der Waals surface area contributed by atoms with Crippen LogP contribution < -0.4 is 15.4 Å². The molecule has 0 atom stereocenters. The first-order valence-corrected chi connectivity index (χ1v) is 11.5. The van der Waals surface area contributed by atoms with Crippen LogP contribution in [0.2, 0.25) is 0 Å². The van der Waals surface area contributed by atoms with E-state index in [0.29, 0.717) is 44.8 Å². The minimum Gasteiger partial charge on any atom is -0.494 e. The van der Waals surface area contributed by atoms with Gasteiger partial charge in [-0.05, 0) is 68.0 Å². The van der Waals surface area contributed by atoms with Gasteiger partial charge in [-0.2, -0.15) is 0 Å². The van der Waals surface area contributed by atoms with E-state index in [4.69, 9.17) is 4.74 Å². The molecule has 176 valence electrons. The number of carbonyl (C=O) groups is 1. The summed E-state index contributed by atoms with van der Waals surface area (Å²) < 4.78 is 19.1. The maximum atomic E-state index is 13.6. The van der Waals surface area contributed by atoms with Gasteiger partial charge in [0.15, 0.2) is 0 Å². The predicted molar refractivity (Wildman–Crippen MR) is 131 cm³/mol. The first-order valence-electron chi connectivity index (χ1n) is 11.5. The lowest BCUT2D eigenvalue weighted by atomic mass is 10.1. The molecule has 2 aromatic carbocycles. The van der Waals surface area contributed by atoms with Crippen LogP contribution in [0.4, 0.5) is 21.6 Å². The number of benzene rings is 2. The topological polar surface area (TPSA) is 79.4 Å². The number of halogens is 1. The van der Waals surface area contributed by atoms with Gasteiger partial charge in [-0.1, -0.05) is 6.08 Å². The summed E-state index contributed by atoms with van der Waals surface area (Å²) in [5, 5.41) is 6.84. The first-order chi connectivity index (χ1) is 16.4. The lowest BCUT2D eigenvalue weighted by molar-refractivity contribution is -0.111. The number of methoxy groups -OCH3 is 1. The number of rotatable bonds is 7. The Morgan fingerprint density at radius 2 is 2.09 bits per heavy atom. The molecule has 2 aliphatic rings. The fourth-order valence-electron chi connectivity index (χ4n) is 4.56. The van der Waals surface area contributed by atoms with Crippen molar-refractivity contribution >= 4 is 34.0 Å². The molecule has 3 aromatic rings. The van der Waals surface area contributed by atoms with Gasteiger partial charge in [0.2, 0.25) is 5.91 Å². The molecule has 1 saturated heterocycles. The van der Waals surface area contributed by atoms with Crippen LogP contribution in [-0.4, -0.2) is 47.5 Å². The Bertz CT molecular complexity index is 1270. The molecule has 7 nitrogen and oxygen atoms in total. The zero-order valence-corrected chi connectivity index (χ0v) is 19.4. The molecule has 0 radical (unpaired) electrons. The van der Waals surface area contributed by atoms with Crippen molar-refractivity contribution in [1.82, 2.24) is 14.9 Å². The first kappa shape index (κ1) is 22.3. The summed E-state index contributed by atoms with van der Waals surface area (Å²) in [6.45, 7) is 4.73. The maximum absolute atomic E-state index is 13.6. The Balaban J connectivity index is 1.33. The molecule has 5 rings (SSSR count). The normalized spacial score (nSPS) is 16.9. The highest BCUT2D eigenvalue weighted by Gasteiger charge is 2.47. The largest absolute Gasteiger partial charge is 0.494 e. The average molecular weight is 462 g/mol. The minimum atomic E-state index is -0.266. The van der Waals surface area contributed by atoms with Crippen molar-refractivity contribution in [1.29, 1.82) is 0 Å². The summed E-state index contributed by atoms with van der Waals surface area (Å²) >= 11 is 0. The predicted octanol–water partition coefficient (Wildman–Crippen LogP) is 4.81. The number of anilines is 3. The van der Waals surface area contributed by atoms with Gasteiger partial charge in [0.25, 0.3) is 0 Å². The molecule has 1 aliphatic carbocycles. The summed E-state index contributed by atoms with van der Waals surface area (Å²) in [7, 11) is 1.55. The van der Waals surface area contributed by atoms with E-state index in [0.717, 1.165) is 19.6 Å². The van der Waals surface area contributed by atoms with E-state index in [-0.39, 0.29) is 11.7 Å². The van der Waals surface area contributed by atoms with Crippen molar-refractivity contribution in [2.75, 3.05) is 37.4 Å². The molecule has 2 heterocycles. The number of fused-ring (bicyclic) bond motifs is 1. The van der Waals surface area contributed by atoms with Crippen LogP contribution in [0.25, 0.3) is 10.9 Å². The number of aromatic nitrogens is 2. The van der Waals surface area contributed by atoms with E-state index in [1.54, 1.807) is 44.4 Å². The SMILES string of the molecule is COc1cc2ncnc(Nc3ccc(F)c(C)c3)c2cc1NC(=O)/C=C/CN1CCC2(CC2)C1. The molecule has 1 aliphatic heterocycles. The molecule has 0 bridgehead atoms. The molecule has 1 amide bonds. The zero-order valence-electron chi connectivity index (χ0n) is 19.4. The second-order valence-electron chi connectivity index (χ2n) is 9.26. The monoisotopic (exact) mass is 461 g/mol. The standard InChI is InChI=1S/C26H28FN5O2/c1-17-12-18(5-6-20(17)27)30-25-19-13-22(23(34-2)14-21(19)28-16-29-25)31-24(33)4-3-10-32-11-9-26(15-32)7-8-26/h3-6,12-14,16H,7-11,15H2,1-2H3,(H,31,33)(H,28,29,30)/b4-3+. The number of ether oxygens (including phenoxy) is 1. The zero-order chi connectivity index (χ0) is 23.7. The summed E-state index contributed by atoms with van der Waals surface area (Å²) in [6.07, 6.45) is 8.90. The Hall–Kier alpha value is -3.52. The fraction of sp³-hybridized carbons (Fsp3) is 0.346. The highest BCUT2D eigenvalue weighted by Crippen LogP contribution is 2.52. The summed E-state index contributed by atoms with van der Waals surface area (Å²) in [5.74, 6) is 0.565. The third kappa shape index (κ3) is 4.72. The van der Waals surface area contributed by atoms with Crippen LogP contribution in [-0.2, 0) is 4.79 Å². The van der Waals surface area contributed by atoms with Crippen molar-refractivity contribution in [3.63, 3.8) is 0 Å². The molecule has 1 aromatic heterocycles. The molecular formula is C26H28FN5O2. The van der Waals surface area contributed by atoms with Gasteiger partial charge in [0.1, 0.15) is 23.7 Å². The van der Waals surface area contributed by atoms with Crippen LogP contribution in [0.1, 0.15) is 24.8 Å². The quantitative estimate of drug-likeness (QED) is 0.492. The second kappa shape index (κ2) is 9.02. The van der Waals surface area contributed by atoms with Gasteiger partial charge in [0, 0.05) is 36.3 Å². The van der Waals surface area contributed by atoms with Crippen molar-refractivity contribution in [3.8, 4) is 5.75 Å². The molecule has 1 saturated carbocycles. The average Bonchev–Trinajstić information content (AvgIpc) is 3.46. The molecule has 0 unspecified atom stereocenters. The van der Waals surface area contributed by atoms with Gasteiger partial charge in [-0.3, -0.25) is 9.69 Å². The number of nitrogens with zero attached hydrogens (tertiary/aromatic N) is 3. The number of hydrogen-bond acceptors (Lipinski definition) is 6. The van der Waals surface area contributed by atoms with Crippen LogP contribution in [0.3, 0.4) is 0 Å². The molecular weight excluding hydrogens is 433 g/mol. The Labute approximate surface area is 198 Å². The Morgan fingerprint density at radius 3 is 2.82 bits per heavy atom. The smallest absolute Gasteiger partial charge is 0.248 e. The number of hydrogen-bond donors (Lipinski definition) is 2. The number of aryl methyl sites for hydroxylation is 1. The van der Waals surface area contributed by atoms with Crippen molar-refractivity contribution in [3.05, 3.63) is 60.2 Å². The van der Waals surface area contributed by atoms with Gasteiger partial charge in [-0.15, -0.1) is 0 Å². The number of carbonyl (C=O) groups excluding carboxylic acids is 1.